The molecule has 0 aliphatic rings. The number of hydrogen-bond donors (Lipinski definition) is 1. The van der Waals surface area contributed by atoms with Crippen molar-refractivity contribution in [2.45, 2.75) is 78.3 Å². The molecule has 0 unspecified atom stereocenters. The highest BCUT2D eigenvalue weighted by molar-refractivity contribution is 7.92. The first-order valence-electron chi connectivity index (χ1n) is 14.3. The summed E-state index contributed by atoms with van der Waals surface area (Å²) in [6, 6.07) is 19.1. The zero-order valence-corrected chi connectivity index (χ0v) is 25.9. The predicted molar refractivity (Wildman–Crippen MR) is 165 cm³/mol. The molecule has 41 heavy (non-hydrogen) atoms. The minimum Gasteiger partial charge on any atom is -0.354 e. The van der Waals surface area contributed by atoms with E-state index in [-0.39, 0.29) is 17.3 Å². The van der Waals surface area contributed by atoms with Gasteiger partial charge in [-0.15, -0.1) is 0 Å². The molecule has 0 aliphatic carbocycles. The van der Waals surface area contributed by atoms with Gasteiger partial charge in [-0.05, 0) is 75.4 Å². The molecular weight excluding hydrogens is 534 g/mol. The summed E-state index contributed by atoms with van der Waals surface area (Å²) in [5, 5.41) is 2.97. The molecule has 2 amide bonds. The third-order valence-corrected chi connectivity index (χ3v) is 9.16. The minimum atomic E-state index is -4.10. The van der Waals surface area contributed by atoms with E-state index in [9.17, 15) is 18.0 Å². The van der Waals surface area contributed by atoms with Crippen LogP contribution in [-0.2, 0) is 26.2 Å². The first-order valence-corrected chi connectivity index (χ1v) is 15.7. The van der Waals surface area contributed by atoms with Crippen molar-refractivity contribution in [1.82, 2.24) is 10.2 Å². The van der Waals surface area contributed by atoms with Gasteiger partial charge < -0.3 is 10.2 Å². The quantitative estimate of drug-likeness (QED) is 0.259. The molecule has 7 nitrogen and oxygen atoms in total. The smallest absolute Gasteiger partial charge is 0.264 e. The SMILES string of the molecule is CCCCNC(=O)[C@@H](CC)N(Cc1cccc(C)c1)C(=O)CN(c1cccc(C)c1C)S(=O)(=O)c1ccc(C)cc1. The van der Waals surface area contributed by atoms with Crippen LogP contribution in [0.4, 0.5) is 5.69 Å². The molecule has 0 aliphatic heterocycles. The highest BCUT2D eigenvalue weighted by atomic mass is 32.2. The van der Waals surface area contributed by atoms with Crippen LogP contribution in [0.3, 0.4) is 0 Å². The molecule has 0 saturated heterocycles. The van der Waals surface area contributed by atoms with Gasteiger partial charge in [0.1, 0.15) is 12.6 Å². The van der Waals surface area contributed by atoms with Gasteiger partial charge in [-0.1, -0.05) is 79.9 Å². The van der Waals surface area contributed by atoms with E-state index in [1.54, 1.807) is 36.4 Å². The Morgan fingerprint density at radius 1 is 0.878 bits per heavy atom. The highest BCUT2D eigenvalue weighted by Crippen LogP contribution is 2.29. The van der Waals surface area contributed by atoms with Crippen LogP contribution in [0.25, 0.3) is 0 Å². The molecular formula is C33H43N3O4S. The molecule has 0 aromatic heterocycles. The number of anilines is 1. The minimum absolute atomic E-state index is 0.103. The Morgan fingerprint density at radius 2 is 1.56 bits per heavy atom. The van der Waals surface area contributed by atoms with E-state index in [0.29, 0.717) is 18.7 Å². The summed E-state index contributed by atoms with van der Waals surface area (Å²) < 4.78 is 29.4. The van der Waals surface area contributed by atoms with E-state index >= 15 is 0 Å². The van der Waals surface area contributed by atoms with Crippen LogP contribution in [0.2, 0.25) is 0 Å². The van der Waals surface area contributed by atoms with Crippen LogP contribution in [0.15, 0.2) is 71.6 Å². The number of amides is 2. The summed E-state index contributed by atoms with van der Waals surface area (Å²) >= 11 is 0. The summed E-state index contributed by atoms with van der Waals surface area (Å²) in [6.07, 6.45) is 2.16. The number of carbonyl (C=O) groups excluding carboxylic acids is 2. The fourth-order valence-electron chi connectivity index (χ4n) is 4.79. The average Bonchev–Trinajstić information content (AvgIpc) is 2.93. The van der Waals surface area contributed by atoms with Crippen LogP contribution >= 0.6 is 0 Å². The zero-order valence-electron chi connectivity index (χ0n) is 25.1. The van der Waals surface area contributed by atoms with Crippen LogP contribution in [0, 0.1) is 27.7 Å². The van der Waals surface area contributed by atoms with Crippen molar-refractivity contribution in [3.05, 3.63) is 94.5 Å². The third kappa shape index (κ3) is 7.97. The number of hydrogen-bond acceptors (Lipinski definition) is 4. The van der Waals surface area contributed by atoms with Crippen molar-refractivity contribution >= 4 is 27.5 Å². The molecule has 1 N–H and O–H groups in total. The van der Waals surface area contributed by atoms with Gasteiger partial charge in [-0.3, -0.25) is 13.9 Å². The van der Waals surface area contributed by atoms with Crippen molar-refractivity contribution in [3.8, 4) is 0 Å². The third-order valence-electron chi connectivity index (χ3n) is 7.38. The summed E-state index contributed by atoms with van der Waals surface area (Å²) in [4.78, 5) is 29.2. The van der Waals surface area contributed by atoms with Crippen molar-refractivity contribution < 1.29 is 18.0 Å². The van der Waals surface area contributed by atoms with Crippen LogP contribution in [0.5, 0.6) is 0 Å². The second-order valence-corrected chi connectivity index (χ2v) is 12.5. The Bertz CT molecular complexity index is 1450. The molecule has 0 heterocycles. The molecule has 3 aromatic carbocycles. The van der Waals surface area contributed by atoms with E-state index in [0.717, 1.165) is 40.7 Å². The van der Waals surface area contributed by atoms with Gasteiger partial charge >= 0.3 is 0 Å². The number of rotatable bonds is 13. The zero-order chi connectivity index (χ0) is 30.2. The van der Waals surface area contributed by atoms with Gasteiger partial charge in [-0.2, -0.15) is 0 Å². The van der Waals surface area contributed by atoms with Gasteiger partial charge in [0.05, 0.1) is 10.6 Å². The topological polar surface area (TPSA) is 86.8 Å². The van der Waals surface area contributed by atoms with E-state index in [2.05, 4.69) is 5.32 Å². The molecule has 0 bridgehead atoms. The van der Waals surface area contributed by atoms with Crippen LogP contribution in [0.1, 0.15) is 60.9 Å². The lowest BCUT2D eigenvalue weighted by Gasteiger charge is -2.33. The summed E-state index contributed by atoms with van der Waals surface area (Å²) in [6.45, 7) is 11.8. The number of nitrogens with one attached hydrogen (secondary N) is 1. The lowest BCUT2D eigenvalue weighted by molar-refractivity contribution is -0.140. The van der Waals surface area contributed by atoms with Crippen LogP contribution in [-0.4, -0.2) is 44.3 Å². The average molecular weight is 578 g/mol. The van der Waals surface area contributed by atoms with Gasteiger partial charge in [0.2, 0.25) is 11.8 Å². The van der Waals surface area contributed by atoms with Gasteiger partial charge in [0.25, 0.3) is 10.0 Å². The Balaban J connectivity index is 2.08. The molecule has 1 atom stereocenters. The maximum Gasteiger partial charge on any atom is 0.264 e. The van der Waals surface area contributed by atoms with Gasteiger partial charge in [0, 0.05) is 13.1 Å². The molecule has 0 fully saturated rings. The number of sulfonamides is 1. The molecule has 0 saturated carbocycles. The molecule has 8 heteroatoms. The fourth-order valence-corrected chi connectivity index (χ4v) is 6.26. The number of carbonyl (C=O) groups is 2. The van der Waals surface area contributed by atoms with E-state index < -0.39 is 28.5 Å². The number of unbranched alkanes of at least 4 members (excludes halogenated alkanes) is 1. The van der Waals surface area contributed by atoms with Crippen LogP contribution < -0.4 is 9.62 Å². The Kier molecular flexibility index (Phi) is 11.1. The first-order chi connectivity index (χ1) is 19.5. The van der Waals surface area contributed by atoms with Gasteiger partial charge in [-0.25, -0.2) is 8.42 Å². The highest BCUT2D eigenvalue weighted by Gasteiger charge is 2.34. The lowest BCUT2D eigenvalue weighted by atomic mass is 10.1. The molecule has 0 radical (unpaired) electrons. The summed E-state index contributed by atoms with van der Waals surface area (Å²) in [7, 11) is -4.10. The standard InChI is InChI=1S/C33H43N3O4S/c1-7-9-20-34-33(38)30(8-2)35(22-28-14-10-12-25(4)21-28)32(37)23-36(31-15-11-13-26(5)27(31)6)41(39,40)29-18-16-24(3)17-19-29/h10-19,21,30H,7-9,20,22-23H2,1-6H3,(H,34,38)/t30-/m1/s1. The predicted octanol–water partition coefficient (Wildman–Crippen LogP) is 5.84. The fraction of sp³-hybridized carbons (Fsp3) is 0.394. The number of nitrogens with zero attached hydrogens (tertiary/aromatic N) is 2. The normalized spacial score (nSPS) is 12.0. The van der Waals surface area contributed by atoms with Crippen molar-refractivity contribution in [1.29, 1.82) is 0 Å². The second-order valence-electron chi connectivity index (χ2n) is 10.6. The maximum absolute atomic E-state index is 14.2. The van der Waals surface area contributed by atoms with Crippen molar-refractivity contribution in [2.75, 3.05) is 17.4 Å². The van der Waals surface area contributed by atoms with E-state index in [4.69, 9.17) is 0 Å². The largest absolute Gasteiger partial charge is 0.354 e. The monoisotopic (exact) mass is 577 g/mol. The molecule has 0 spiro atoms. The number of aryl methyl sites for hydroxylation is 3. The van der Waals surface area contributed by atoms with E-state index in [1.165, 1.54) is 9.21 Å². The first kappa shape index (κ1) is 31.9. The van der Waals surface area contributed by atoms with Crippen molar-refractivity contribution in [3.63, 3.8) is 0 Å². The maximum atomic E-state index is 14.2. The molecule has 3 rings (SSSR count). The van der Waals surface area contributed by atoms with Gasteiger partial charge in [0.15, 0.2) is 0 Å². The summed E-state index contributed by atoms with van der Waals surface area (Å²) in [5.41, 5.74) is 4.97. The second kappa shape index (κ2) is 14.3. The Morgan fingerprint density at radius 3 is 2.20 bits per heavy atom. The Labute approximate surface area is 245 Å². The number of benzene rings is 3. The van der Waals surface area contributed by atoms with Crippen molar-refractivity contribution in [2.24, 2.45) is 0 Å². The molecule has 220 valence electrons. The Hall–Kier alpha value is -3.65. The lowest BCUT2D eigenvalue weighted by Crippen LogP contribution is -2.52. The summed E-state index contributed by atoms with van der Waals surface area (Å²) in [5.74, 6) is -0.678. The molecule has 3 aromatic rings. The van der Waals surface area contributed by atoms with E-state index in [1.807, 2.05) is 71.9 Å².